The first kappa shape index (κ1) is 10.9. The van der Waals surface area contributed by atoms with Crippen LogP contribution in [0.25, 0.3) is 0 Å². The zero-order chi connectivity index (χ0) is 8.85. The molecule has 0 aliphatic rings. The van der Waals surface area contributed by atoms with Crippen LogP contribution in [0.3, 0.4) is 0 Å². The maximum atomic E-state index is 11.0. The highest BCUT2D eigenvalue weighted by molar-refractivity contribution is 14.1. The van der Waals surface area contributed by atoms with Crippen LogP contribution in [0.1, 0.15) is 13.8 Å². The standard InChI is InChI=1S/C7H11IO3/c1-3-11-7(10)6(4-8)5(2)9/h6H,3-4H2,1-2H3. The van der Waals surface area contributed by atoms with E-state index in [1.165, 1.54) is 6.92 Å². The normalized spacial score (nSPS) is 12.3. The molecule has 0 amide bonds. The first-order valence-corrected chi connectivity index (χ1v) is 4.89. The molecule has 0 saturated heterocycles. The van der Waals surface area contributed by atoms with E-state index in [0.29, 0.717) is 11.0 Å². The van der Waals surface area contributed by atoms with Crippen LogP contribution < -0.4 is 0 Å². The Hall–Kier alpha value is -0.130. The van der Waals surface area contributed by atoms with Gasteiger partial charge < -0.3 is 4.74 Å². The molecule has 0 spiro atoms. The van der Waals surface area contributed by atoms with E-state index in [4.69, 9.17) is 4.74 Å². The maximum Gasteiger partial charge on any atom is 0.317 e. The van der Waals surface area contributed by atoms with Crippen molar-refractivity contribution in [3.8, 4) is 0 Å². The van der Waals surface area contributed by atoms with E-state index < -0.39 is 11.9 Å². The van der Waals surface area contributed by atoms with Gasteiger partial charge in [0.25, 0.3) is 0 Å². The van der Waals surface area contributed by atoms with Crippen LogP contribution in [0, 0.1) is 5.92 Å². The van der Waals surface area contributed by atoms with Gasteiger partial charge in [-0.15, -0.1) is 0 Å². The van der Waals surface area contributed by atoms with Gasteiger partial charge in [-0.1, -0.05) is 22.6 Å². The Kier molecular flexibility index (Phi) is 5.45. The number of carbonyl (C=O) groups is 2. The van der Waals surface area contributed by atoms with E-state index >= 15 is 0 Å². The van der Waals surface area contributed by atoms with E-state index in [1.807, 2.05) is 22.6 Å². The molecular formula is C7H11IO3. The molecule has 3 nitrogen and oxygen atoms in total. The van der Waals surface area contributed by atoms with Gasteiger partial charge in [0.15, 0.2) is 0 Å². The molecule has 11 heavy (non-hydrogen) atoms. The van der Waals surface area contributed by atoms with Crippen molar-refractivity contribution in [1.82, 2.24) is 0 Å². The Balaban J connectivity index is 4.03. The molecule has 0 heterocycles. The molecule has 0 rings (SSSR count). The predicted molar refractivity (Wildman–Crippen MR) is 49.7 cm³/mol. The van der Waals surface area contributed by atoms with Gasteiger partial charge >= 0.3 is 5.97 Å². The van der Waals surface area contributed by atoms with Crippen molar-refractivity contribution in [2.24, 2.45) is 5.92 Å². The molecule has 0 fully saturated rings. The zero-order valence-electron chi connectivity index (χ0n) is 6.59. The molecule has 0 radical (unpaired) electrons. The molecule has 0 N–H and O–H groups in total. The van der Waals surface area contributed by atoms with E-state index in [1.54, 1.807) is 6.92 Å². The van der Waals surface area contributed by atoms with E-state index in [0.717, 1.165) is 0 Å². The summed E-state index contributed by atoms with van der Waals surface area (Å²) in [5, 5.41) is 0. The zero-order valence-corrected chi connectivity index (χ0v) is 8.75. The van der Waals surface area contributed by atoms with Crippen molar-refractivity contribution in [1.29, 1.82) is 0 Å². The number of rotatable bonds is 4. The van der Waals surface area contributed by atoms with Crippen LogP contribution in [-0.4, -0.2) is 22.8 Å². The fourth-order valence-electron chi connectivity index (χ4n) is 0.580. The third-order valence-corrected chi connectivity index (χ3v) is 2.10. The summed E-state index contributed by atoms with van der Waals surface area (Å²) in [6.45, 7) is 3.46. The average Bonchev–Trinajstić information content (AvgIpc) is 1.88. The summed E-state index contributed by atoms with van der Waals surface area (Å²) in [4.78, 5) is 21.8. The predicted octanol–water partition coefficient (Wildman–Crippen LogP) is 1.19. The smallest absolute Gasteiger partial charge is 0.317 e. The van der Waals surface area contributed by atoms with Crippen molar-refractivity contribution in [3.63, 3.8) is 0 Å². The van der Waals surface area contributed by atoms with Gasteiger partial charge in [0.1, 0.15) is 11.7 Å². The number of hydrogen-bond acceptors (Lipinski definition) is 3. The summed E-state index contributed by atoms with van der Waals surface area (Å²) in [5.74, 6) is -1.11. The number of hydrogen-bond donors (Lipinski definition) is 0. The summed E-state index contributed by atoms with van der Waals surface area (Å²) in [6, 6.07) is 0. The van der Waals surface area contributed by atoms with Crippen molar-refractivity contribution < 1.29 is 14.3 Å². The highest BCUT2D eigenvalue weighted by Crippen LogP contribution is 2.05. The Morgan fingerprint density at radius 2 is 2.09 bits per heavy atom. The van der Waals surface area contributed by atoms with Gasteiger partial charge in [0, 0.05) is 4.43 Å². The van der Waals surface area contributed by atoms with Gasteiger partial charge in [-0.05, 0) is 13.8 Å². The van der Waals surface area contributed by atoms with Crippen molar-refractivity contribution in [3.05, 3.63) is 0 Å². The number of halogens is 1. The highest BCUT2D eigenvalue weighted by Gasteiger charge is 2.22. The van der Waals surface area contributed by atoms with Gasteiger partial charge in [-0.25, -0.2) is 0 Å². The fraction of sp³-hybridized carbons (Fsp3) is 0.714. The number of ether oxygens (including phenoxy) is 1. The molecule has 0 aromatic rings. The molecule has 4 heteroatoms. The highest BCUT2D eigenvalue weighted by atomic mass is 127. The van der Waals surface area contributed by atoms with Gasteiger partial charge in [-0.2, -0.15) is 0 Å². The molecule has 64 valence electrons. The summed E-state index contributed by atoms with van der Waals surface area (Å²) in [5.41, 5.74) is 0. The lowest BCUT2D eigenvalue weighted by Gasteiger charge is -2.07. The van der Waals surface area contributed by atoms with Crippen LogP contribution >= 0.6 is 22.6 Å². The average molecular weight is 270 g/mol. The van der Waals surface area contributed by atoms with Crippen LogP contribution in [0.5, 0.6) is 0 Å². The summed E-state index contributed by atoms with van der Waals surface area (Å²) < 4.78 is 5.18. The SMILES string of the molecule is CCOC(=O)C(CI)C(C)=O. The molecule has 1 unspecified atom stereocenters. The van der Waals surface area contributed by atoms with Crippen LogP contribution in [0.2, 0.25) is 0 Å². The Morgan fingerprint density at radius 3 is 2.36 bits per heavy atom. The van der Waals surface area contributed by atoms with E-state index in [-0.39, 0.29) is 5.78 Å². The van der Waals surface area contributed by atoms with Crippen LogP contribution in [-0.2, 0) is 14.3 Å². The maximum absolute atomic E-state index is 11.0. The Labute approximate surface area is 79.6 Å². The molecule has 0 aromatic carbocycles. The molecule has 0 aliphatic heterocycles. The van der Waals surface area contributed by atoms with Crippen molar-refractivity contribution >= 4 is 34.3 Å². The summed E-state index contributed by atoms with van der Waals surface area (Å²) in [6.07, 6.45) is 0. The molecular weight excluding hydrogens is 259 g/mol. The number of alkyl halides is 1. The summed E-state index contributed by atoms with van der Waals surface area (Å²) in [7, 11) is 0. The lowest BCUT2D eigenvalue weighted by Crippen LogP contribution is -2.25. The number of Topliss-reactive ketones (excluding diaryl/α,β-unsaturated/α-hetero) is 1. The molecule has 0 saturated carbocycles. The topological polar surface area (TPSA) is 43.4 Å². The van der Waals surface area contributed by atoms with Crippen LogP contribution in [0.4, 0.5) is 0 Å². The number of carbonyl (C=O) groups excluding carboxylic acids is 2. The molecule has 1 atom stereocenters. The third-order valence-electron chi connectivity index (χ3n) is 1.22. The third kappa shape index (κ3) is 3.69. The minimum absolute atomic E-state index is 0.127. The van der Waals surface area contributed by atoms with Gasteiger partial charge in [0.05, 0.1) is 6.61 Å². The first-order valence-electron chi connectivity index (χ1n) is 3.36. The molecule has 0 aliphatic carbocycles. The van der Waals surface area contributed by atoms with E-state index in [9.17, 15) is 9.59 Å². The minimum Gasteiger partial charge on any atom is -0.465 e. The van der Waals surface area contributed by atoms with Crippen LogP contribution in [0.15, 0.2) is 0 Å². The van der Waals surface area contributed by atoms with Gasteiger partial charge in [-0.3, -0.25) is 9.59 Å². The second-order valence-electron chi connectivity index (χ2n) is 2.07. The first-order chi connectivity index (χ1) is 5.13. The molecule has 0 bridgehead atoms. The van der Waals surface area contributed by atoms with Crippen molar-refractivity contribution in [2.45, 2.75) is 13.8 Å². The second kappa shape index (κ2) is 5.51. The Bertz CT molecular complexity index is 156. The minimum atomic E-state index is -0.574. The monoisotopic (exact) mass is 270 g/mol. The number of ketones is 1. The lowest BCUT2D eigenvalue weighted by atomic mass is 10.1. The fourth-order valence-corrected chi connectivity index (χ4v) is 1.56. The second-order valence-corrected chi connectivity index (χ2v) is 2.95. The summed E-state index contributed by atoms with van der Waals surface area (Å²) >= 11 is 2.00. The quantitative estimate of drug-likeness (QED) is 0.333. The number of esters is 1. The lowest BCUT2D eigenvalue weighted by molar-refractivity contribution is -0.149. The largest absolute Gasteiger partial charge is 0.465 e. The van der Waals surface area contributed by atoms with Gasteiger partial charge in [0.2, 0.25) is 0 Å². The Morgan fingerprint density at radius 1 is 1.55 bits per heavy atom. The van der Waals surface area contributed by atoms with E-state index in [2.05, 4.69) is 0 Å². The molecule has 0 aromatic heterocycles. The van der Waals surface area contributed by atoms with Crippen molar-refractivity contribution in [2.75, 3.05) is 11.0 Å².